The van der Waals surface area contributed by atoms with Gasteiger partial charge >= 0.3 is 0 Å². The standard InChI is InChI=1S/C22H17ClNO3.ClH/c1-24-21-16(10-19-20(11-17(21)23)27-13-26-19)15-8-5-9-18(22(15)24)25-12-14-6-3-2-4-7-14;/h2-11H,12-13H2,1H3;1H/q+1;/p-1. The van der Waals surface area contributed by atoms with Crippen molar-refractivity contribution in [2.75, 3.05) is 6.79 Å². The van der Waals surface area contributed by atoms with Gasteiger partial charge in [-0.15, -0.1) is 0 Å². The molecule has 2 heterocycles. The maximum atomic E-state index is 6.63. The zero-order valence-corrected chi connectivity index (χ0v) is 16.6. The molecule has 0 saturated heterocycles. The van der Waals surface area contributed by atoms with Gasteiger partial charge in [-0.25, -0.2) is 0 Å². The highest BCUT2D eigenvalue weighted by atomic mass is 35.5. The number of halogens is 2. The van der Waals surface area contributed by atoms with E-state index in [2.05, 4.69) is 22.8 Å². The Morgan fingerprint density at radius 3 is 2.54 bits per heavy atom. The number of aryl methyl sites for hydroxylation is 1. The summed E-state index contributed by atoms with van der Waals surface area (Å²) in [6.07, 6.45) is 0. The second kappa shape index (κ2) is 7.38. The molecule has 0 saturated carbocycles. The number of fused-ring (bicyclic) bond motifs is 4. The summed E-state index contributed by atoms with van der Waals surface area (Å²) in [5, 5.41) is 1.68. The first kappa shape index (κ1) is 18.7. The molecule has 0 atom stereocenters. The van der Waals surface area contributed by atoms with Gasteiger partial charge in [0.25, 0.3) is 5.52 Å². The topological polar surface area (TPSA) is 31.6 Å². The van der Waals surface area contributed by atoms with E-state index in [0.717, 1.165) is 33.5 Å². The summed E-state index contributed by atoms with van der Waals surface area (Å²) < 4.78 is 19.3. The van der Waals surface area contributed by atoms with Crippen molar-refractivity contribution in [3.8, 4) is 28.5 Å². The summed E-state index contributed by atoms with van der Waals surface area (Å²) in [5.41, 5.74) is 4.06. The van der Waals surface area contributed by atoms with Crippen molar-refractivity contribution in [1.82, 2.24) is 0 Å². The average Bonchev–Trinajstić information content (AvgIpc) is 3.20. The van der Waals surface area contributed by atoms with E-state index in [9.17, 15) is 0 Å². The van der Waals surface area contributed by atoms with Gasteiger partial charge in [0.05, 0.1) is 10.9 Å². The minimum absolute atomic E-state index is 0. The van der Waals surface area contributed by atoms with Crippen molar-refractivity contribution in [3.63, 3.8) is 0 Å². The minimum Gasteiger partial charge on any atom is -1.00 e. The van der Waals surface area contributed by atoms with Crippen molar-refractivity contribution in [3.05, 3.63) is 71.2 Å². The highest BCUT2D eigenvalue weighted by Crippen LogP contribution is 2.43. The van der Waals surface area contributed by atoms with E-state index in [1.54, 1.807) is 0 Å². The molecule has 2 aromatic rings. The molecule has 2 aromatic carbocycles. The van der Waals surface area contributed by atoms with E-state index in [4.69, 9.17) is 25.8 Å². The Morgan fingerprint density at radius 1 is 1.00 bits per heavy atom. The fourth-order valence-electron chi connectivity index (χ4n) is 3.63. The van der Waals surface area contributed by atoms with Gasteiger partial charge in [-0.05, 0) is 23.8 Å². The SMILES string of the molecule is C[n+]1c2c(Cl)cc3c(cc-2c2cccc(OCc4ccccc4)c21)OCO3.[Cl-]. The lowest BCUT2D eigenvalue weighted by atomic mass is 10.1. The van der Waals surface area contributed by atoms with Crippen LogP contribution < -0.4 is 31.2 Å². The van der Waals surface area contributed by atoms with Crippen LogP contribution in [0, 0.1) is 0 Å². The Balaban J connectivity index is 0.00000192. The third-order valence-electron chi connectivity index (χ3n) is 4.88. The van der Waals surface area contributed by atoms with Crippen LogP contribution in [0.3, 0.4) is 0 Å². The quantitative estimate of drug-likeness (QED) is 0.479. The first-order valence-electron chi connectivity index (χ1n) is 8.72. The second-order valence-corrected chi connectivity index (χ2v) is 6.93. The molecule has 0 aromatic heterocycles. The number of hydrogen-bond acceptors (Lipinski definition) is 3. The molecule has 1 aliphatic carbocycles. The van der Waals surface area contributed by atoms with Gasteiger partial charge < -0.3 is 26.6 Å². The molecule has 2 aliphatic heterocycles. The maximum Gasteiger partial charge on any atom is 0.256 e. The largest absolute Gasteiger partial charge is 1.00 e. The molecule has 6 heteroatoms. The van der Waals surface area contributed by atoms with Gasteiger partial charge in [0.1, 0.15) is 18.7 Å². The number of hydrogen-bond donors (Lipinski definition) is 0. The Kier molecular flexibility index (Phi) is 4.92. The van der Waals surface area contributed by atoms with E-state index in [0.29, 0.717) is 23.1 Å². The molecule has 0 amide bonds. The fourth-order valence-corrected chi connectivity index (χ4v) is 3.96. The minimum atomic E-state index is 0. The first-order valence-corrected chi connectivity index (χ1v) is 9.10. The molecule has 28 heavy (non-hydrogen) atoms. The molecular formula is C22H17Cl2NO3. The first-order chi connectivity index (χ1) is 13.2. The summed E-state index contributed by atoms with van der Waals surface area (Å²) in [7, 11) is 2.00. The molecule has 0 fully saturated rings. The summed E-state index contributed by atoms with van der Waals surface area (Å²) in [6, 6.07) is 20.0. The average molecular weight is 414 g/mol. The lowest BCUT2D eigenvalue weighted by Crippen LogP contribution is -3.00. The maximum absolute atomic E-state index is 6.63. The number of nitrogens with zero attached hydrogens (tertiary/aromatic N) is 1. The van der Waals surface area contributed by atoms with Crippen molar-refractivity contribution in [1.29, 1.82) is 0 Å². The Hall–Kier alpha value is -2.69. The van der Waals surface area contributed by atoms with Crippen molar-refractivity contribution in [2.24, 2.45) is 7.05 Å². The summed E-state index contributed by atoms with van der Waals surface area (Å²) in [6.45, 7) is 0.725. The van der Waals surface area contributed by atoms with E-state index in [1.807, 2.05) is 49.5 Å². The predicted octanol–water partition coefficient (Wildman–Crippen LogP) is 1.73. The third kappa shape index (κ3) is 2.99. The van der Waals surface area contributed by atoms with Gasteiger partial charge in [-0.1, -0.05) is 48.0 Å². The Bertz CT molecular complexity index is 1130. The number of para-hydroxylation sites is 1. The number of aromatic nitrogens is 1. The molecule has 0 bridgehead atoms. The molecule has 0 radical (unpaired) electrons. The van der Waals surface area contributed by atoms with Gasteiger partial charge in [-0.2, -0.15) is 4.57 Å². The van der Waals surface area contributed by atoms with Crippen LogP contribution in [0.4, 0.5) is 0 Å². The molecular weight excluding hydrogens is 397 g/mol. The van der Waals surface area contributed by atoms with Crippen molar-refractivity contribution >= 4 is 22.5 Å². The number of rotatable bonds is 3. The van der Waals surface area contributed by atoms with Crippen LogP contribution in [-0.2, 0) is 13.7 Å². The van der Waals surface area contributed by atoms with Gasteiger partial charge in [0.15, 0.2) is 17.2 Å². The molecule has 5 rings (SSSR count). The third-order valence-corrected chi connectivity index (χ3v) is 5.17. The zero-order chi connectivity index (χ0) is 18.4. The number of ether oxygens (including phenoxy) is 3. The second-order valence-electron chi connectivity index (χ2n) is 6.52. The highest BCUT2D eigenvalue weighted by molar-refractivity contribution is 6.33. The van der Waals surface area contributed by atoms with Crippen LogP contribution in [0.25, 0.3) is 22.2 Å². The van der Waals surface area contributed by atoms with Crippen LogP contribution in [-0.4, -0.2) is 6.79 Å². The van der Waals surface area contributed by atoms with Crippen molar-refractivity contribution < 1.29 is 31.2 Å². The van der Waals surface area contributed by atoms with E-state index >= 15 is 0 Å². The summed E-state index contributed by atoms with van der Waals surface area (Å²) >= 11 is 6.63. The molecule has 142 valence electrons. The van der Waals surface area contributed by atoms with Crippen molar-refractivity contribution in [2.45, 2.75) is 6.61 Å². The van der Waals surface area contributed by atoms with E-state index < -0.39 is 0 Å². The molecule has 0 spiro atoms. The Morgan fingerprint density at radius 2 is 1.75 bits per heavy atom. The van der Waals surface area contributed by atoms with Gasteiger partial charge in [-0.3, -0.25) is 0 Å². The molecule has 0 N–H and O–H groups in total. The lowest BCUT2D eigenvalue weighted by molar-refractivity contribution is -0.631. The highest BCUT2D eigenvalue weighted by Gasteiger charge is 2.30. The van der Waals surface area contributed by atoms with Crippen LogP contribution in [0.2, 0.25) is 5.02 Å². The van der Waals surface area contributed by atoms with Crippen LogP contribution in [0.5, 0.6) is 17.2 Å². The normalized spacial score (nSPS) is 12.2. The van der Waals surface area contributed by atoms with E-state index in [-0.39, 0.29) is 19.2 Å². The fraction of sp³-hybridized carbons (Fsp3) is 0.136. The van der Waals surface area contributed by atoms with Crippen LogP contribution in [0.1, 0.15) is 5.56 Å². The van der Waals surface area contributed by atoms with Crippen LogP contribution in [0.15, 0.2) is 60.7 Å². The zero-order valence-electron chi connectivity index (χ0n) is 15.1. The predicted molar refractivity (Wildman–Crippen MR) is 104 cm³/mol. The molecule has 0 unspecified atom stereocenters. The molecule has 3 aliphatic rings. The van der Waals surface area contributed by atoms with E-state index in [1.165, 1.54) is 0 Å². The summed E-state index contributed by atoms with van der Waals surface area (Å²) in [4.78, 5) is 0. The lowest BCUT2D eigenvalue weighted by Gasteiger charge is -2.05. The Labute approximate surface area is 174 Å². The van der Waals surface area contributed by atoms with Crippen LogP contribution >= 0.6 is 11.6 Å². The van der Waals surface area contributed by atoms with Gasteiger partial charge in [0.2, 0.25) is 12.5 Å². The molecule has 4 nitrogen and oxygen atoms in total. The van der Waals surface area contributed by atoms with Gasteiger partial charge in [0, 0.05) is 6.07 Å². The number of benzene rings is 2. The monoisotopic (exact) mass is 413 g/mol. The summed E-state index contributed by atoms with van der Waals surface area (Å²) in [5.74, 6) is 2.19. The smallest absolute Gasteiger partial charge is 0.256 e.